The van der Waals surface area contributed by atoms with E-state index in [-0.39, 0.29) is 0 Å². The molecule has 1 amide bonds. The first kappa shape index (κ1) is 13.3. The Balaban J connectivity index is 2.68. The number of halogens is 1. The van der Waals surface area contributed by atoms with Crippen LogP contribution in [0.1, 0.15) is 5.56 Å². The fourth-order valence-electron chi connectivity index (χ4n) is 1.15. The van der Waals surface area contributed by atoms with E-state index in [9.17, 15) is 9.59 Å². The summed E-state index contributed by atoms with van der Waals surface area (Å²) in [5.74, 6) is -0.978. The summed E-state index contributed by atoms with van der Waals surface area (Å²) in [5.41, 5.74) is 1.49. The Labute approximate surface area is 104 Å². The van der Waals surface area contributed by atoms with Gasteiger partial charge in [0.15, 0.2) is 0 Å². The maximum absolute atomic E-state index is 11.4. The summed E-state index contributed by atoms with van der Waals surface area (Å²) in [6.45, 7) is 1.82. The number of carbonyl (C=O) groups is 2. The molecule has 0 saturated heterocycles. The van der Waals surface area contributed by atoms with E-state index >= 15 is 0 Å². The number of rotatable bonds is 3. The van der Waals surface area contributed by atoms with Gasteiger partial charge >= 0.3 is 5.97 Å². The molecule has 0 saturated carbocycles. The lowest BCUT2D eigenvalue weighted by Gasteiger charge is -2.06. The first-order chi connectivity index (χ1) is 8.02. The third-order valence-electron chi connectivity index (χ3n) is 2.02. The number of nitrogens with one attached hydrogen (secondary N) is 1. The van der Waals surface area contributed by atoms with Gasteiger partial charge in [0.05, 0.1) is 7.11 Å². The number of aryl methyl sites for hydroxylation is 1. The van der Waals surface area contributed by atoms with Crippen molar-refractivity contribution in [3.8, 4) is 0 Å². The van der Waals surface area contributed by atoms with Crippen LogP contribution in [0.3, 0.4) is 0 Å². The fourth-order valence-corrected chi connectivity index (χ4v) is 1.38. The molecule has 1 aromatic rings. The number of hydrogen-bond donors (Lipinski definition) is 1. The molecular formula is C12H12ClNO3. The minimum atomic E-state index is -0.576. The van der Waals surface area contributed by atoms with Crippen molar-refractivity contribution in [2.75, 3.05) is 12.4 Å². The van der Waals surface area contributed by atoms with E-state index < -0.39 is 11.9 Å². The summed E-state index contributed by atoms with van der Waals surface area (Å²) in [4.78, 5) is 22.2. The summed E-state index contributed by atoms with van der Waals surface area (Å²) in [5, 5.41) is 3.23. The van der Waals surface area contributed by atoms with Crippen LogP contribution in [0, 0.1) is 6.92 Å². The quantitative estimate of drug-likeness (QED) is 0.664. The zero-order chi connectivity index (χ0) is 12.8. The maximum atomic E-state index is 11.4. The van der Waals surface area contributed by atoms with Gasteiger partial charge in [0.25, 0.3) is 0 Å². The van der Waals surface area contributed by atoms with Crippen LogP contribution in [0.2, 0.25) is 5.02 Å². The van der Waals surface area contributed by atoms with Crippen molar-refractivity contribution >= 4 is 29.2 Å². The number of benzene rings is 1. The highest BCUT2D eigenvalue weighted by Crippen LogP contribution is 2.19. The number of ether oxygens (including phenoxy) is 1. The van der Waals surface area contributed by atoms with Gasteiger partial charge in [-0.25, -0.2) is 4.79 Å². The molecule has 1 rings (SSSR count). The Morgan fingerprint density at radius 1 is 1.35 bits per heavy atom. The molecule has 5 heteroatoms. The van der Waals surface area contributed by atoms with Gasteiger partial charge in [0.2, 0.25) is 5.91 Å². The molecule has 17 heavy (non-hydrogen) atoms. The number of anilines is 1. The second-order valence-electron chi connectivity index (χ2n) is 3.30. The maximum Gasteiger partial charge on any atom is 0.330 e. The van der Waals surface area contributed by atoms with Crippen LogP contribution in [0.15, 0.2) is 30.4 Å². The van der Waals surface area contributed by atoms with Crippen LogP contribution in [0.5, 0.6) is 0 Å². The van der Waals surface area contributed by atoms with Crippen molar-refractivity contribution in [1.82, 2.24) is 0 Å². The minimum Gasteiger partial charge on any atom is -0.466 e. The molecule has 0 heterocycles. The molecule has 90 valence electrons. The lowest BCUT2D eigenvalue weighted by atomic mass is 10.2. The average molecular weight is 254 g/mol. The van der Waals surface area contributed by atoms with Gasteiger partial charge in [-0.15, -0.1) is 0 Å². The van der Waals surface area contributed by atoms with Crippen LogP contribution in [0.25, 0.3) is 0 Å². The van der Waals surface area contributed by atoms with Crippen molar-refractivity contribution in [2.45, 2.75) is 6.92 Å². The molecule has 0 aromatic heterocycles. The van der Waals surface area contributed by atoms with Crippen LogP contribution < -0.4 is 5.32 Å². The second kappa shape index (κ2) is 6.06. The van der Waals surface area contributed by atoms with Crippen molar-refractivity contribution in [2.24, 2.45) is 0 Å². The summed E-state index contributed by atoms with van der Waals surface area (Å²) in [7, 11) is 1.24. The third-order valence-corrected chi connectivity index (χ3v) is 2.25. The molecule has 0 aliphatic rings. The molecule has 0 aliphatic heterocycles. The van der Waals surface area contributed by atoms with E-state index in [2.05, 4.69) is 10.1 Å². The smallest absolute Gasteiger partial charge is 0.330 e. The van der Waals surface area contributed by atoms with Crippen LogP contribution in [-0.2, 0) is 14.3 Å². The van der Waals surface area contributed by atoms with Crippen molar-refractivity contribution < 1.29 is 14.3 Å². The lowest BCUT2D eigenvalue weighted by Crippen LogP contribution is -2.10. The van der Waals surface area contributed by atoms with Gasteiger partial charge < -0.3 is 10.1 Å². The molecule has 1 aromatic carbocycles. The zero-order valence-electron chi connectivity index (χ0n) is 9.49. The van der Waals surface area contributed by atoms with Gasteiger partial charge in [-0.1, -0.05) is 11.6 Å². The number of methoxy groups -OCH3 is 1. The van der Waals surface area contributed by atoms with Gasteiger partial charge in [0.1, 0.15) is 0 Å². The normalized spacial score (nSPS) is 10.3. The van der Waals surface area contributed by atoms with Crippen LogP contribution in [-0.4, -0.2) is 19.0 Å². The van der Waals surface area contributed by atoms with Crippen LogP contribution in [0.4, 0.5) is 5.69 Å². The molecular weight excluding hydrogens is 242 g/mol. The Morgan fingerprint density at radius 2 is 2.06 bits per heavy atom. The molecule has 0 spiro atoms. The molecule has 0 radical (unpaired) electrons. The van der Waals surface area contributed by atoms with Crippen LogP contribution >= 0.6 is 11.6 Å². The van der Waals surface area contributed by atoms with E-state index in [1.807, 2.05) is 6.92 Å². The topological polar surface area (TPSA) is 55.4 Å². The first-order valence-electron chi connectivity index (χ1n) is 4.86. The molecule has 0 aliphatic carbocycles. The Bertz CT molecular complexity index is 469. The highest BCUT2D eigenvalue weighted by atomic mass is 35.5. The molecule has 0 atom stereocenters. The van der Waals surface area contributed by atoms with Gasteiger partial charge in [-0.05, 0) is 30.7 Å². The number of esters is 1. The molecule has 0 fully saturated rings. The fraction of sp³-hybridized carbons (Fsp3) is 0.167. The Kier molecular flexibility index (Phi) is 4.72. The predicted octanol–water partition coefficient (Wildman–Crippen LogP) is 2.32. The standard InChI is InChI=1S/C12H12ClNO3/c1-8-7-9(13)3-4-10(8)14-11(15)5-6-12(16)17-2/h3-7H,1-2H3,(H,14,15)/b6-5-. The largest absolute Gasteiger partial charge is 0.466 e. The highest BCUT2D eigenvalue weighted by molar-refractivity contribution is 6.30. The lowest BCUT2D eigenvalue weighted by molar-refractivity contribution is -0.135. The highest BCUT2D eigenvalue weighted by Gasteiger charge is 2.02. The van der Waals surface area contributed by atoms with E-state index in [0.29, 0.717) is 10.7 Å². The van der Waals surface area contributed by atoms with Gasteiger partial charge in [-0.3, -0.25) is 4.79 Å². The Hall–Kier alpha value is -1.81. The molecule has 1 N–H and O–H groups in total. The van der Waals surface area contributed by atoms with E-state index in [1.54, 1.807) is 18.2 Å². The van der Waals surface area contributed by atoms with E-state index in [0.717, 1.165) is 17.7 Å². The summed E-state index contributed by atoms with van der Waals surface area (Å²) >= 11 is 5.79. The number of carbonyl (C=O) groups excluding carboxylic acids is 2. The summed E-state index contributed by atoms with van der Waals surface area (Å²) < 4.78 is 4.37. The average Bonchev–Trinajstić information content (AvgIpc) is 2.29. The minimum absolute atomic E-state index is 0.402. The molecule has 0 bridgehead atoms. The van der Waals surface area contributed by atoms with Gasteiger partial charge in [0, 0.05) is 22.9 Å². The molecule has 4 nitrogen and oxygen atoms in total. The van der Waals surface area contributed by atoms with Gasteiger partial charge in [-0.2, -0.15) is 0 Å². The van der Waals surface area contributed by atoms with E-state index in [1.165, 1.54) is 7.11 Å². The SMILES string of the molecule is COC(=O)/C=C\C(=O)Nc1ccc(Cl)cc1C. The predicted molar refractivity (Wildman–Crippen MR) is 66.0 cm³/mol. The first-order valence-corrected chi connectivity index (χ1v) is 5.24. The summed E-state index contributed by atoms with van der Waals surface area (Å²) in [6.07, 6.45) is 2.17. The van der Waals surface area contributed by atoms with Crippen molar-refractivity contribution in [1.29, 1.82) is 0 Å². The molecule has 0 unspecified atom stereocenters. The van der Waals surface area contributed by atoms with Crippen molar-refractivity contribution in [3.05, 3.63) is 40.9 Å². The second-order valence-corrected chi connectivity index (χ2v) is 3.74. The van der Waals surface area contributed by atoms with E-state index in [4.69, 9.17) is 11.6 Å². The summed E-state index contributed by atoms with van der Waals surface area (Å²) in [6, 6.07) is 5.11. The monoisotopic (exact) mass is 253 g/mol. The third kappa shape index (κ3) is 4.28. The Morgan fingerprint density at radius 3 is 2.65 bits per heavy atom. The number of hydrogen-bond acceptors (Lipinski definition) is 3. The van der Waals surface area contributed by atoms with Crippen molar-refractivity contribution in [3.63, 3.8) is 0 Å². The zero-order valence-corrected chi connectivity index (χ0v) is 10.2. The number of amides is 1.